The third-order valence-electron chi connectivity index (χ3n) is 2.77. The number of unbranched alkanes of at least 4 members (excludes halogenated alkanes) is 4. The van der Waals surface area contributed by atoms with E-state index in [0.29, 0.717) is 13.2 Å². The summed E-state index contributed by atoms with van der Waals surface area (Å²) in [4.78, 5) is 10.8. The van der Waals surface area contributed by atoms with Crippen molar-refractivity contribution >= 4 is 34.9 Å². The summed E-state index contributed by atoms with van der Waals surface area (Å²) < 4.78 is 11.7. The van der Waals surface area contributed by atoms with E-state index >= 15 is 0 Å². The van der Waals surface area contributed by atoms with E-state index in [1.165, 1.54) is 11.4 Å². The van der Waals surface area contributed by atoms with Crippen LogP contribution in [0.2, 0.25) is 0 Å². The largest absolute Gasteiger partial charge is 0.481 e. The Kier molecular flexibility index (Phi) is 13.1. The summed E-state index contributed by atoms with van der Waals surface area (Å²) in [6.45, 7) is 7.35. The number of carbonyl (C=O) groups is 1. The summed E-state index contributed by atoms with van der Waals surface area (Å²) in [7, 11) is 0. The van der Waals surface area contributed by atoms with Crippen LogP contribution in [0.3, 0.4) is 0 Å². The Labute approximate surface area is 138 Å². The summed E-state index contributed by atoms with van der Waals surface area (Å²) in [6, 6.07) is 0. The van der Waals surface area contributed by atoms with Crippen molar-refractivity contribution in [2.24, 2.45) is 0 Å². The Morgan fingerprint density at radius 1 is 1.14 bits per heavy atom. The molecule has 0 saturated carbocycles. The molecule has 0 fully saturated rings. The van der Waals surface area contributed by atoms with Crippen molar-refractivity contribution in [3.05, 3.63) is 0 Å². The lowest BCUT2D eigenvalue weighted by Crippen LogP contribution is -2.07. The Balaban J connectivity index is 4.35. The average Bonchev–Trinajstić information content (AvgIpc) is 2.39. The van der Waals surface area contributed by atoms with Gasteiger partial charge in [-0.3, -0.25) is 4.79 Å². The zero-order valence-electron chi connectivity index (χ0n) is 13.4. The van der Waals surface area contributed by atoms with Gasteiger partial charge in [0.2, 0.25) is 5.69 Å². The Bertz CT molecular complexity index is 310. The molecule has 0 aliphatic heterocycles. The predicted molar refractivity (Wildman–Crippen MR) is 94.5 cm³/mol. The highest BCUT2D eigenvalue weighted by Gasteiger charge is 2.24. The van der Waals surface area contributed by atoms with Crippen LogP contribution in [0.5, 0.6) is 0 Å². The summed E-state index contributed by atoms with van der Waals surface area (Å²) in [6.07, 6.45) is 6.52. The highest BCUT2D eigenvalue weighted by Crippen LogP contribution is 2.63. The fraction of sp³-hybridized carbons (Fsp3) is 0.929. The minimum Gasteiger partial charge on any atom is -0.481 e. The Hall–Kier alpha value is 0.390. The lowest BCUT2D eigenvalue weighted by molar-refractivity contribution is -0.136. The molecule has 0 spiro atoms. The maximum atomic E-state index is 10.8. The molecule has 1 atom stereocenters. The van der Waals surface area contributed by atoms with Crippen LogP contribution in [0.25, 0.3) is 0 Å². The average molecular weight is 356 g/mol. The van der Waals surface area contributed by atoms with E-state index in [2.05, 4.69) is 13.8 Å². The van der Waals surface area contributed by atoms with Crippen LogP contribution in [0.4, 0.5) is 0 Å². The molecule has 126 valence electrons. The van der Waals surface area contributed by atoms with Gasteiger partial charge in [0, 0.05) is 5.25 Å². The van der Waals surface area contributed by atoms with E-state index in [1.807, 2.05) is 6.92 Å². The molecule has 0 aromatic heterocycles. The van der Waals surface area contributed by atoms with Crippen LogP contribution in [-0.2, 0) is 25.6 Å². The zero-order valence-corrected chi connectivity index (χ0v) is 15.9. The molecule has 0 aliphatic carbocycles. The van der Waals surface area contributed by atoms with Gasteiger partial charge in [0.15, 0.2) is 0 Å². The molecule has 0 rings (SSSR count). The molecule has 0 radical (unpaired) electrons. The quantitative estimate of drug-likeness (QED) is 0.340. The number of rotatable bonds is 14. The molecule has 0 heterocycles. The first-order chi connectivity index (χ1) is 9.93. The van der Waals surface area contributed by atoms with Crippen LogP contribution in [0.15, 0.2) is 0 Å². The molecule has 0 aromatic carbocycles. The lowest BCUT2D eigenvalue weighted by atomic mass is 10.3. The summed E-state index contributed by atoms with van der Waals surface area (Å²) in [5, 5.41) is 8.76. The van der Waals surface area contributed by atoms with Gasteiger partial charge in [0.25, 0.3) is 0 Å². The standard InChI is InChI=1S/C14H29O4PS2/c1-4-6-8-10-17-19(20,18-11-9-7-5-2)21-13(3)12-14(15)16/h13H,4-12H2,1-3H3,(H,15,16). The number of carboxylic acids is 1. The zero-order chi connectivity index (χ0) is 16.1. The van der Waals surface area contributed by atoms with Crippen molar-refractivity contribution in [3.8, 4) is 0 Å². The predicted octanol–water partition coefficient (Wildman–Crippen LogP) is 5.22. The SMILES string of the molecule is CCCCCOP(=S)(OCCCCC)SC(C)CC(=O)O. The molecule has 0 saturated heterocycles. The van der Waals surface area contributed by atoms with Gasteiger partial charge in [-0.05, 0) is 24.6 Å². The van der Waals surface area contributed by atoms with Crippen LogP contribution >= 0.6 is 17.1 Å². The first kappa shape index (κ1) is 21.4. The Morgan fingerprint density at radius 2 is 1.62 bits per heavy atom. The van der Waals surface area contributed by atoms with Crippen LogP contribution in [0, 0.1) is 0 Å². The van der Waals surface area contributed by atoms with Gasteiger partial charge in [0.05, 0.1) is 19.6 Å². The monoisotopic (exact) mass is 356 g/mol. The minimum atomic E-state index is -2.43. The van der Waals surface area contributed by atoms with E-state index in [-0.39, 0.29) is 11.7 Å². The van der Waals surface area contributed by atoms with E-state index in [9.17, 15) is 4.79 Å². The molecule has 1 unspecified atom stereocenters. The third-order valence-corrected chi connectivity index (χ3v) is 8.44. The summed E-state index contributed by atoms with van der Waals surface area (Å²) in [5.41, 5.74) is -2.43. The van der Waals surface area contributed by atoms with E-state index in [1.54, 1.807) is 0 Å². The summed E-state index contributed by atoms with van der Waals surface area (Å²) in [5.74, 6) is -0.812. The van der Waals surface area contributed by atoms with Crippen LogP contribution in [0.1, 0.15) is 65.7 Å². The minimum absolute atomic E-state index is 0.0830. The molecule has 21 heavy (non-hydrogen) atoms. The molecule has 0 aliphatic rings. The molecule has 1 N–H and O–H groups in total. The van der Waals surface area contributed by atoms with Crippen molar-refractivity contribution in [3.63, 3.8) is 0 Å². The first-order valence-electron chi connectivity index (χ1n) is 7.72. The van der Waals surface area contributed by atoms with Crippen molar-refractivity contribution in [2.45, 2.75) is 71.0 Å². The molecular formula is C14H29O4PS2. The van der Waals surface area contributed by atoms with Gasteiger partial charge in [-0.2, -0.15) is 0 Å². The van der Waals surface area contributed by atoms with Crippen molar-refractivity contribution in [1.29, 1.82) is 0 Å². The van der Waals surface area contributed by atoms with E-state index in [4.69, 9.17) is 26.0 Å². The van der Waals surface area contributed by atoms with Crippen LogP contribution < -0.4 is 0 Å². The maximum Gasteiger partial charge on any atom is 0.304 e. The maximum absolute atomic E-state index is 10.8. The van der Waals surface area contributed by atoms with E-state index < -0.39 is 11.7 Å². The first-order valence-corrected chi connectivity index (χ1v) is 11.8. The summed E-state index contributed by atoms with van der Waals surface area (Å²) >= 11 is 6.96. The van der Waals surface area contributed by atoms with Crippen molar-refractivity contribution in [1.82, 2.24) is 0 Å². The molecule has 4 nitrogen and oxygen atoms in total. The second-order valence-electron chi connectivity index (χ2n) is 5.04. The number of carboxylic acid groups (broad SMARTS) is 1. The van der Waals surface area contributed by atoms with Gasteiger partial charge in [-0.15, -0.1) is 0 Å². The molecule has 0 bridgehead atoms. The second kappa shape index (κ2) is 12.9. The molecule has 0 amide bonds. The molecular weight excluding hydrogens is 327 g/mol. The number of aliphatic carboxylic acids is 1. The number of hydrogen-bond donors (Lipinski definition) is 1. The molecule has 7 heteroatoms. The van der Waals surface area contributed by atoms with Gasteiger partial charge < -0.3 is 14.2 Å². The van der Waals surface area contributed by atoms with Gasteiger partial charge in [0.1, 0.15) is 0 Å². The highest BCUT2D eigenvalue weighted by atomic mass is 32.9. The van der Waals surface area contributed by atoms with Crippen molar-refractivity contribution in [2.75, 3.05) is 13.2 Å². The van der Waals surface area contributed by atoms with Crippen LogP contribution in [-0.4, -0.2) is 29.5 Å². The lowest BCUT2D eigenvalue weighted by Gasteiger charge is -2.24. The molecule has 0 aromatic rings. The normalized spacial score (nSPS) is 13.3. The van der Waals surface area contributed by atoms with Gasteiger partial charge in [-0.25, -0.2) is 0 Å². The van der Waals surface area contributed by atoms with Gasteiger partial charge in [-0.1, -0.05) is 57.8 Å². The topological polar surface area (TPSA) is 55.8 Å². The smallest absolute Gasteiger partial charge is 0.304 e. The fourth-order valence-electron chi connectivity index (χ4n) is 1.66. The highest BCUT2D eigenvalue weighted by molar-refractivity contribution is 8.68. The second-order valence-corrected chi connectivity index (χ2v) is 11.7. The Morgan fingerprint density at radius 3 is 2.00 bits per heavy atom. The third kappa shape index (κ3) is 12.6. The van der Waals surface area contributed by atoms with Gasteiger partial charge >= 0.3 is 5.97 Å². The fourth-order valence-corrected chi connectivity index (χ4v) is 7.35. The van der Waals surface area contributed by atoms with E-state index in [0.717, 1.165) is 38.5 Å². The van der Waals surface area contributed by atoms with Crippen molar-refractivity contribution < 1.29 is 18.9 Å². The number of hydrogen-bond acceptors (Lipinski definition) is 5.